The summed E-state index contributed by atoms with van der Waals surface area (Å²) in [5.74, 6) is 2.32. The molecule has 1 aromatic rings. The Morgan fingerprint density at radius 2 is 2.29 bits per heavy atom. The molecule has 3 atom stereocenters. The van der Waals surface area contributed by atoms with E-state index >= 15 is 0 Å². The molecule has 0 saturated carbocycles. The second-order valence-corrected chi connectivity index (χ2v) is 4.59. The number of ether oxygens (including phenoxy) is 1. The van der Waals surface area contributed by atoms with Crippen LogP contribution in [0.15, 0.2) is 4.52 Å². The minimum absolute atomic E-state index is 0.0397. The summed E-state index contributed by atoms with van der Waals surface area (Å²) in [5.41, 5.74) is 0. The maximum Gasteiger partial charge on any atom is 0.231 e. The average Bonchev–Trinajstić information content (AvgIpc) is 2.94. The van der Waals surface area contributed by atoms with E-state index in [9.17, 15) is 0 Å². The normalized spacial score (nSPS) is 26.3. The highest BCUT2D eigenvalue weighted by Gasteiger charge is 2.30. The van der Waals surface area contributed by atoms with Crippen LogP contribution in [0.25, 0.3) is 0 Å². The van der Waals surface area contributed by atoms with Crippen LogP contribution >= 0.6 is 0 Å². The van der Waals surface area contributed by atoms with Crippen molar-refractivity contribution in [3.8, 4) is 0 Å². The fraction of sp³-hybridized carbons (Fsp3) is 0.833. The minimum Gasteiger partial charge on any atom is -0.370 e. The number of nitrogens with one attached hydrogen (secondary N) is 1. The van der Waals surface area contributed by atoms with Crippen LogP contribution < -0.4 is 5.32 Å². The van der Waals surface area contributed by atoms with Crippen molar-refractivity contribution in [3.05, 3.63) is 11.7 Å². The molecular weight excluding hydrogens is 218 g/mol. The van der Waals surface area contributed by atoms with E-state index in [1.165, 1.54) is 0 Å². The molecular formula is C12H21N3O2. The molecule has 0 aliphatic carbocycles. The van der Waals surface area contributed by atoms with Crippen molar-refractivity contribution in [3.63, 3.8) is 0 Å². The molecule has 0 radical (unpaired) electrons. The smallest absolute Gasteiger partial charge is 0.231 e. The van der Waals surface area contributed by atoms with E-state index in [0.29, 0.717) is 24.3 Å². The van der Waals surface area contributed by atoms with Gasteiger partial charge in [0, 0.05) is 13.2 Å². The predicted octanol–water partition coefficient (Wildman–Crippen LogP) is 1.88. The molecule has 0 aromatic carbocycles. The van der Waals surface area contributed by atoms with Gasteiger partial charge >= 0.3 is 0 Å². The predicted molar refractivity (Wildman–Crippen MR) is 63.7 cm³/mol. The summed E-state index contributed by atoms with van der Waals surface area (Å²) in [4.78, 5) is 4.49. The third kappa shape index (κ3) is 2.66. The second-order valence-electron chi connectivity index (χ2n) is 4.59. The summed E-state index contributed by atoms with van der Waals surface area (Å²) in [6.07, 6.45) is 0.827. The second kappa shape index (κ2) is 5.60. The van der Waals surface area contributed by atoms with Gasteiger partial charge in [-0.25, -0.2) is 0 Å². The Hall–Kier alpha value is -0.940. The Morgan fingerprint density at radius 1 is 1.47 bits per heavy atom. The Morgan fingerprint density at radius 3 is 2.88 bits per heavy atom. The Bertz CT molecular complexity index is 353. The zero-order valence-corrected chi connectivity index (χ0v) is 10.8. The lowest BCUT2D eigenvalue weighted by Crippen LogP contribution is -2.09. The number of nitrogens with zero attached hydrogens (tertiary/aromatic N) is 2. The molecule has 2 rings (SSSR count). The van der Waals surface area contributed by atoms with Gasteiger partial charge in [-0.1, -0.05) is 19.0 Å². The molecule has 1 N–H and O–H groups in total. The summed E-state index contributed by atoms with van der Waals surface area (Å²) in [5, 5.41) is 7.39. The van der Waals surface area contributed by atoms with Crippen molar-refractivity contribution in [1.82, 2.24) is 15.5 Å². The topological polar surface area (TPSA) is 60.2 Å². The molecule has 1 saturated heterocycles. The summed E-state index contributed by atoms with van der Waals surface area (Å²) in [6, 6.07) is 0. The van der Waals surface area contributed by atoms with Gasteiger partial charge in [0.2, 0.25) is 11.7 Å². The third-order valence-corrected chi connectivity index (χ3v) is 3.32. The molecule has 1 fully saturated rings. The van der Waals surface area contributed by atoms with Crippen LogP contribution in [-0.2, 0) is 4.74 Å². The van der Waals surface area contributed by atoms with Crippen molar-refractivity contribution in [2.75, 3.05) is 19.7 Å². The standard InChI is InChI=1S/C12H21N3O2/c1-4-10(16-5-2)11-14-12(17-15-11)9-7-13-6-8(9)3/h8-10,13H,4-7H2,1-3H3. The monoisotopic (exact) mass is 239 g/mol. The molecule has 17 heavy (non-hydrogen) atoms. The van der Waals surface area contributed by atoms with Crippen LogP contribution in [0.4, 0.5) is 0 Å². The van der Waals surface area contributed by atoms with Gasteiger partial charge in [-0.2, -0.15) is 4.98 Å². The lowest BCUT2D eigenvalue weighted by Gasteiger charge is -2.10. The molecule has 1 aromatic heterocycles. The van der Waals surface area contributed by atoms with E-state index in [-0.39, 0.29) is 6.10 Å². The first-order chi connectivity index (χ1) is 8.26. The van der Waals surface area contributed by atoms with Gasteiger partial charge in [-0.05, 0) is 25.8 Å². The Kier molecular flexibility index (Phi) is 4.12. The van der Waals surface area contributed by atoms with E-state index in [0.717, 1.165) is 25.4 Å². The molecule has 96 valence electrons. The quantitative estimate of drug-likeness (QED) is 0.850. The van der Waals surface area contributed by atoms with Gasteiger partial charge in [0.05, 0.1) is 5.92 Å². The van der Waals surface area contributed by atoms with E-state index in [2.05, 4.69) is 29.3 Å². The zero-order chi connectivity index (χ0) is 12.3. The molecule has 5 heteroatoms. The highest BCUT2D eigenvalue weighted by molar-refractivity contribution is 5.02. The number of hydrogen-bond donors (Lipinski definition) is 1. The van der Waals surface area contributed by atoms with Crippen LogP contribution in [0.5, 0.6) is 0 Å². The van der Waals surface area contributed by atoms with Crippen LogP contribution in [0.3, 0.4) is 0 Å². The zero-order valence-electron chi connectivity index (χ0n) is 10.8. The first-order valence-electron chi connectivity index (χ1n) is 6.42. The molecule has 0 spiro atoms. The van der Waals surface area contributed by atoms with Crippen molar-refractivity contribution >= 4 is 0 Å². The van der Waals surface area contributed by atoms with E-state index in [4.69, 9.17) is 9.26 Å². The van der Waals surface area contributed by atoms with E-state index in [1.54, 1.807) is 0 Å². The Balaban J connectivity index is 2.09. The van der Waals surface area contributed by atoms with Crippen LogP contribution in [-0.4, -0.2) is 29.8 Å². The van der Waals surface area contributed by atoms with Crippen molar-refractivity contribution < 1.29 is 9.26 Å². The molecule has 3 unspecified atom stereocenters. The summed E-state index contributed by atoms with van der Waals surface area (Å²) in [6.45, 7) is 8.86. The van der Waals surface area contributed by atoms with Crippen molar-refractivity contribution in [2.24, 2.45) is 5.92 Å². The van der Waals surface area contributed by atoms with Crippen LogP contribution in [0, 0.1) is 5.92 Å². The van der Waals surface area contributed by atoms with Crippen molar-refractivity contribution in [2.45, 2.75) is 39.2 Å². The summed E-state index contributed by atoms with van der Waals surface area (Å²) >= 11 is 0. The first kappa shape index (κ1) is 12.5. The number of aromatic nitrogens is 2. The third-order valence-electron chi connectivity index (χ3n) is 3.32. The van der Waals surface area contributed by atoms with Gasteiger partial charge < -0.3 is 14.6 Å². The van der Waals surface area contributed by atoms with Gasteiger partial charge in [0.1, 0.15) is 6.10 Å². The maximum absolute atomic E-state index is 5.58. The van der Waals surface area contributed by atoms with Gasteiger partial charge in [-0.15, -0.1) is 0 Å². The number of rotatable bonds is 5. The highest BCUT2D eigenvalue weighted by Crippen LogP contribution is 2.28. The molecule has 2 heterocycles. The van der Waals surface area contributed by atoms with E-state index < -0.39 is 0 Å². The van der Waals surface area contributed by atoms with Gasteiger partial charge in [0.25, 0.3) is 0 Å². The first-order valence-corrected chi connectivity index (χ1v) is 6.42. The lowest BCUT2D eigenvalue weighted by atomic mass is 9.98. The SMILES string of the molecule is CCOC(CC)c1noc(C2CNCC2C)n1. The average molecular weight is 239 g/mol. The van der Waals surface area contributed by atoms with E-state index in [1.807, 2.05) is 6.92 Å². The lowest BCUT2D eigenvalue weighted by molar-refractivity contribution is 0.0518. The Labute approximate surface area is 102 Å². The summed E-state index contributed by atoms with van der Waals surface area (Å²) < 4.78 is 10.9. The number of hydrogen-bond acceptors (Lipinski definition) is 5. The van der Waals surface area contributed by atoms with Gasteiger partial charge in [0.15, 0.2) is 0 Å². The minimum atomic E-state index is -0.0397. The fourth-order valence-electron chi connectivity index (χ4n) is 2.25. The molecule has 1 aliphatic heterocycles. The molecule has 1 aliphatic rings. The largest absolute Gasteiger partial charge is 0.370 e. The van der Waals surface area contributed by atoms with Crippen molar-refractivity contribution in [1.29, 1.82) is 0 Å². The molecule has 0 amide bonds. The molecule has 5 nitrogen and oxygen atoms in total. The highest BCUT2D eigenvalue weighted by atomic mass is 16.5. The van der Waals surface area contributed by atoms with Crippen LogP contribution in [0.1, 0.15) is 50.9 Å². The maximum atomic E-state index is 5.58. The summed E-state index contributed by atoms with van der Waals surface area (Å²) in [7, 11) is 0. The molecule has 0 bridgehead atoms. The van der Waals surface area contributed by atoms with Gasteiger partial charge in [-0.3, -0.25) is 0 Å². The van der Waals surface area contributed by atoms with Crippen LogP contribution in [0.2, 0.25) is 0 Å². The fourth-order valence-corrected chi connectivity index (χ4v) is 2.25.